The monoisotopic (exact) mass is 118 g/mol. The van der Waals surface area contributed by atoms with Gasteiger partial charge in [-0.3, -0.25) is 4.89 Å². The second kappa shape index (κ2) is 6.00. The summed E-state index contributed by atoms with van der Waals surface area (Å²) in [5.74, 6) is 0. The zero-order valence-electron chi connectivity index (χ0n) is 3.17. The van der Waals surface area contributed by atoms with Crippen LogP contribution in [-0.2, 0) is 9.78 Å². The van der Waals surface area contributed by atoms with Gasteiger partial charge in [-0.25, -0.2) is 4.79 Å². The summed E-state index contributed by atoms with van der Waals surface area (Å²) in [6, 6.07) is 0. The van der Waals surface area contributed by atoms with Gasteiger partial charge in [-0.1, -0.05) is 0 Å². The molecule has 0 spiro atoms. The van der Waals surface area contributed by atoms with Crippen LogP contribution >= 0.6 is 0 Å². The lowest BCUT2D eigenvalue weighted by Gasteiger charge is -1.85. The molecule has 0 aliphatic heterocycles. The molecule has 1 N–H and O–H groups in total. The largest absolute Gasteiger partial charge is 0.537 e. The van der Waals surface area contributed by atoms with Gasteiger partial charge in [0.1, 0.15) is 0 Å². The molecule has 5 heteroatoms. The normalized spacial score (nSPS) is 6.43. The molecule has 0 rings (SSSR count). The van der Waals surface area contributed by atoms with Crippen LogP contribution in [-0.4, -0.2) is 41.4 Å². The first-order chi connectivity index (χ1) is 2.77. The molecule has 7 heavy (non-hydrogen) atoms. The van der Waals surface area contributed by atoms with Crippen molar-refractivity contribution < 1.29 is 19.7 Å². The van der Waals surface area contributed by atoms with Crippen molar-refractivity contribution in [3.63, 3.8) is 0 Å². The molecule has 0 aromatic rings. The molecule has 0 unspecified atom stereocenters. The van der Waals surface area contributed by atoms with Gasteiger partial charge in [0.15, 0.2) is 0 Å². The fourth-order valence-corrected chi connectivity index (χ4v) is 0.0713. The molecular weight excluding hydrogens is 112 g/mol. The Morgan fingerprint density at radius 3 is 2.14 bits per heavy atom. The van der Waals surface area contributed by atoms with Crippen molar-refractivity contribution in [3.8, 4) is 0 Å². The van der Waals surface area contributed by atoms with Gasteiger partial charge in [0.25, 0.3) is 0 Å². The van der Waals surface area contributed by atoms with Crippen LogP contribution < -0.4 is 0 Å². The van der Waals surface area contributed by atoms with Gasteiger partial charge in [0.05, 0.1) is 7.11 Å². The topological polar surface area (TPSA) is 55.8 Å². The SMILES string of the molecule is COOC(=O)O.[MgH2]. The molecule has 4 nitrogen and oxygen atoms in total. The van der Waals surface area contributed by atoms with E-state index >= 15 is 0 Å². The molecule has 0 atom stereocenters. The second-order valence-corrected chi connectivity index (χ2v) is 0.516. The Kier molecular flexibility index (Phi) is 8.63. The average Bonchev–Trinajstić information content (AvgIpc) is 1.35. The molecular formula is C2H6MgO4. The number of rotatable bonds is 1. The maximum atomic E-state index is 9.25. The molecule has 0 aromatic carbocycles. The lowest BCUT2D eigenvalue weighted by Crippen LogP contribution is -1.96. The van der Waals surface area contributed by atoms with E-state index in [0.29, 0.717) is 0 Å². The third kappa shape index (κ3) is 10.7. The quantitative estimate of drug-likeness (QED) is 0.282. The smallest absolute Gasteiger partial charge is 0.448 e. The highest BCUT2D eigenvalue weighted by molar-refractivity contribution is 5.75. The van der Waals surface area contributed by atoms with Crippen LogP contribution in [0.2, 0.25) is 0 Å². The Balaban J connectivity index is 0. The Morgan fingerprint density at radius 2 is 2.14 bits per heavy atom. The summed E-state index contributed by atoms with van der Waals surface area (Å²) in [4.78, 5) is 16.4. The minimum Gasteiger partial charge on any atom is -0.448 e. The van der Waals surface area contributed by atoms with E-state index in [9.17, 15) is 4.79 Å². The van der Waals surface area contributed by atoms with Gasteiger partial charge < -0.3 is 5.11 Å². The van der Waals surface area contributed by atoms with Gasteiger partial charge >= 0.3 is 29.2 Å². The summed E-state index contributed by atoms with van der Waals surface area (Å²) >= 11 is 0. The van der Waals surface area contributed by atoms with Crippen molar-refractivity contribution in [2.24, 2.45) is 0 Å². The molecule has 0 saturated heterocycles. The highest BCUT2D eigenvalue weighted by Gasteiger charge is 1.88. The third-order valence-corrected chi connectivity index (χ3v) is 0.155. The van der Waals surface area contributed by atoms with Crippen molar-refractivity contribution >= 4 is 29.2 Å². The van der Waals surface area contributed by atoms with Gasteiger partial charge in [0, 0.05) is 0 Å². The van der Waals surface area contributed by atoms with Crippen LogP contribution in [0.3, 0.4) is 0 Å². The molecule has 0 fully saturated rings. The highest BCUT2D eigenvalue weighted by atomic mass is 24.3. The Morgan fingerprint density at radius 1 is 1.71 bits per heavy atom. The second-order valence-electron chi connectivity index (χ2n) is 0.516. The Bertz CT molecular complexity index is 53.7. The van der Waals surface area contributed by atoms with Crippen LogP contribution in [0.5, 0.6) is 0 Å². The first kappa shape index (κ1) is 10.1. The zero-order valence-corrected chi connectivity index (χ0v) is 3.17. The van der Waals surface area contributed by atoms with Gasteiger partial charge in [-0.15, -0.1) is 0 Å². The van der Waals surface area contributed by atoms with Gasteiger partial charge in [-0.2, -0.15) is 4.89 Å². The standard InChI is InChI=1S/C2H4O4.Mg.2H/c1-5-6-2(3)4;;;/h1H3,(H,3,4);;;. The minimum absolute atomic E-state index is 0. The van der Waals surface area contributed by atoms with E-state index in [1.165, 1.54) is 0 Å². The predicted molar refractivity (Wildman–Crippen MR) is 24.7 cm³/mol. The molecule has 0 amide bonds. The fraction of sp³-hybridized carbons (Fsp3) is 0.500. The number of hydrogen-bond acceptors (Lipinski definition) is 3. The average molecular weight is 118 g/mol. The molecule has 0 saturated carbocycles. The molecule has 0 aliphatic rings. The molecule has 0 heterocycles. The fourth-order valence-electron chi connectivity index (χ4n) is 0.0713. The van der Waals surface area contributed by atoms with E-state index in [2.05, 4.69) is 9.78 Å². The van der Waals surface area contributed by atoms with Crippen molar-refractivity contribution in [2.45, 2.75) is 0 Å². The van der Waals surface area contributed by atoms with Crippen LogP contribution in [0.25, 0.3) is 0 Å². The van der Waals surface area contributed by atoms with E-state index in [0.717, 1.165) is 7.11 Å². The van der Waals surface area contributed by atoms with E-state index in [4.69, 9.17) is 5.11 Å². The van der Waals surface area contributed by atoms with Crippen LogP contribution in [0.4, 0.5) is 4.79 Å². The molecule has 0 bridgehead atoms. The van der Waals surface area contributed by atoms with Gasteiger partial charge in [0.2, 0.25) is 0 Å². The number of carboxylic acid groups (broad SMARTS) is 1. The zero-order chi connectivity index (χ0) is 4.99. The summed E-state index contributed by atoms with van der Waals surface area (Å²) in [5, 5.41) is 7.57. The van der Waals surface area contributed by atoms with E-state index in [-0.39, 0.29) is 23.1 Å². The summed E-state index contributed by atoms with van der Waals surface area (Å²) in [6.07, 6.45) is -1.43. The summed E-state index contributed by atoms with van der Waals surface area (Å²) in [5.41, 5.74) is 0. The van der Waals surface area contributed by atoms with Crippen LogP contribution in [0.15, 0.2) is 0 Å². The summed E-state index contributed by atoms with van der Waals surface area (Å²) < 4.78 is 0. The minimum atomic E-state index is -1.43. The van der Waals surface area contributed by atoms with E-state index < -0.39 is 6.16 Å². The molecule has 0 radical (unpaired) electrons. The Labute approximate surface area is 56.5 Å². The van der Waals surface area contributed by atoms with Crippen molar-refractivity contribution in [2.75, 3.05) is 7.11 Å². The lowest BCUT2D eigenvalue weighted by molar-refractivity contribution is -0.226. The van der Waals surface area contributed by atoms with Crippen molar-refractivity contribution in [3.05, 3.63) is 0 Å². The number of hydrogen-bond donors (Lipinski definition) is 1. The molecule has 0 aromatic heterocycles. The molecule has 0 aliphatic carbocycles. The number of carbonyl (C=O) groups is 1. The first-order valence-electron chi connectivity index (χ1n) is 1.21. The molecule has 40 valence electrons. The van der Waals surface area contributed by atoms with Crippen molar-refractivity contribution in [1.82, 2.24) is 0 Å². The summed E-state index contributed by atoms with van der Waals surface area (Å²) in [7, 11) is 1.12. The van der Waals surface area contributed by atoms with E-state index in [1.807, 2.05) is 0 Å². The first-order valence-corrected chi connectivity index (χ1v) is 1.21. The third-order valence-electron chi connectivity index (χ3n) is 0.155. The lowest BCUT2D eigenvalue weighted by atomic mass is 11.4. The Hall–Kier alpha value is -0.00377. The highest BCUT2D eigenvalue weighted by Crippen LogP contribution is 1.69. The van der Waals surface area contributed by atoms with Gasteiger partial charge in [-0.05, 0) is 0 Å². The van der Waals surface area contributed by atoms with Crippen LogP contribution in [0, 0.1) is 0 Å². The maximum absolute atomic E-state index is 9.25. The van der Waals surface area contributed by atoms with E-state index in [1.54, 1.807) is 0 Å². The maximum Gasteiger partial charge on any atom is 0.537 e. The summed E-state index contributed by atoms with van der Waals surface area (Å²) in [6.45, 7) is 0. The predicted octanol–water partition coefficient (Wildman–Crippen LogP) is -0.674. The van der Waals surface area contributed by atoms with Crippen LogP contribution in [0.1, 0.15) is 0 Å². The van der Waals surface area contributed by atoms with Crippen molar-refractivity contribution in [1.29, 1.82) is 0 Å².